The molecule has 2 saturated heterocycles. The van der Waals surface area contributed by atoms with Crippen LogP contribution in [0.4, 0.5) is 0 Å². The first-order chi connectivity index (χ1) is 16.1. The van der Waals surface area contributed by atoms with Crippen LogP contribution in [0.3, 0.4) is 0 Å². The molecule has 0 radical (unpaired) electrons. The van der Waals surface area contributed by atoms with Crippen molar-refractivity contribution in [1.29, 1.82) is 0 Å². The molecular weight excluding hydrogens is 472 g/mol. The monoisotopic (exact) mass is 510 g/mol. The van der Waals surface area contributed by atoms with Gasteiger partial charge in [-0.3, -0.25) is 0 Å². The lowest BCUT2D eigenvalue weighted by Crippen LogP contribution is -2.46. The zero-order valence-corrected chi connectivity index (χ0v) is 22.4. The summed E-state index contributed by atoms with van der Waals surface area (Å²) < 4.78 is 46.6. The molecule has 1 saturated carbocycles. The Balaban J connectivity index is 1.75. The zero-order chi connectivity index (χ0) is 24.6. The standard InChI is InChI=1S/C27H39ClO5S/c1-5-6-16-27(34(29,30)20-14-12-19(2)13-15-20)18-22-23(21(27)11-9-7-8-10-17-28)24-25(31-22)33-26(3,4)32-24/h7,9,12-15,21-25H,5-6,8,10-11,16-18H2,1-4H3/b9-7-/t21-,22-,23-,24-,25-,27+/m1/s1. The SMILES string of the molecule is CCCC[C@]1(S(=O)(=O)c2ccc(C)cc2)C[C@H]2O[C@@H]3OC(C)(C)O[C@@H]3[C@@H]2[C@H]1C/C=C\CCCCl. The predicted molar refractivity (Wildman–Crippen MR) is 135 cm³/mol. The molecule has 2 heterocycles. The van der Waals surface area contributed by atoms with Gasteiger partial charge in [0.2, 0.25) is 0 Å². The van der Waals surface area contributed by atoms with Gasteiger partial charge in [-0.2, -0.15) is 0 Å². The Morgan fingerprint density at radius 1 is 1.12 bits per heavy atom. The molecule has 4 rings (SSSR count). The van der Waals surface area contributed by atoms with Crippen molar-refractivity contribution in [3.05, 3.63) is 42.0 Å². The van der Waals surface area contributed by atoms with Crippen molar-refractivity contribution in [2.45, 2.75) is 107 Å². The first kappa shape index (κ1) is 26.2. The smallest absolute Gasteiger partial charge is 0.187 e. The molecule has 1 aromatic rings. The Morgan fingerprint density at radius 2 is 1.85 bits per heavy atom. The van der Waals surface area contributed by atoms with Crippen molar-refractivity contribution >= 4 is 21.4 Å². The zero-order valence-electron chi connectivity index (χ0n) is 20.8. The minimum Gasteiger partial charge on any atom is -0.346 e. The van der Waals surface area contributed by atoms with Crippen LogP contribution in [0, 0.1) is 18.8 Å². The Kier molecular flexibility index (Phi) is 7.86. The second kappa shape index (κ2) is 10.2. The predicted octanol–water partition coefficient (Wildman–Crippen LogP) is 6.18. The Hall–Kier alpha value is -0.920. The molecule has 0 spiro atoms. The van der Waals surface area contributed by atoms with Crippen molar-refractivity contribution < 1.29 is 22.6 Å². The number of ether oxygens (including phenoxy) is 3. The molecule has 5 nitrogen and oxygen atoms in total. The Labute approximate surface area is 210 Å². The van der Waals surface area contributed by atoms with Crippen molar-refractivity contribution in [2.75, 3.05) is 5.88 Å². The summed E-state index contributed by atoms with van der Waals surface area (Å²) in [4.78, 5) is 0.408. The first-order valence-electron chi connectivity index (χ1n) is 12.7. The fraction of sp³-hybridized carbons (Fsp3) is 0.704. The number of rotatable bonds is 10. The summed E-state index contributed by atoms with van der Waals surface area (Å²) in [6.45, 7) is 7.89. The third-order valence-electron chi connectivity index (χ3n) is 7.77. The minimum absolute atomic E-state index is 0.0264. The molecule has 0 amide bonds. The fourth-order valence-corrected chi connectivity index (χ4v) is 8.77. The molecule has 3 aliphatic rings. The molecule has 6 atom stereocenters. The fourth-order valence-electron chi connectivity index (χ4n) is 6.20. The summed E-state index contributed by atoms with van der Waals surface area (Å²) in [6, 6.07) is 7.31. The maximum atomic E-state index is 14.4. The van der Waals surface area contributed by atoms with Gasteiger partial charge in [-0.25, -0.2) is 8.42 Å². The second-order valence-electron chi connectivity index (χ2n) is 10.6. The van der Waals surface area contributed by atoms with Gasteiger partial charge < -0.3 is 14.2 Å². The van der Waals surface area contributed by atoms with Crippen molar-refractivity contribution in [1.82, 2.24) is 0 Å². The number of unbranched alkanes of at least 4 members (excludes halogenated alkanes) is 2. The lowest BCUT2D eigenvalue weighted by molar-refractivity contribution is -0.208. The summed E-state index contributed by atoms with van der Waals surface area (Å²) in [5.74, 6) is -0.249. The third-order valence-corrected chi connectivity index (χ3v) is 10.7. The number of fused-ring (bicyclic) bond motifs is 3. The van der Waals surface area contributed by atoms with Gasteiger partial charge >= 0.3 is 0 Å². The van der Waals surface area contributed by atoms with Gasteiger partial charge in [0.05, 0.1) is 15.7 Å². The van der Waals surface area contributed by atoms with E-state index in [0.29, 0.717) is 30.0 Å². The normalized spacial score (nSPS) is 34.6. The van der Waals surface area contributed by atoms with Crippen LogP contribution >= 0.6 is 11.6 Å². The summed E-state index contributed by atoms with van der Waals surface area (Å²) in [5, 5.41) is 0. The van der Waals surface area contributed by atoms with Crippen LogP contribution in [0.25, 0.3) is 0 Å². The van der Waals surface area contributed by atoms with E-state index >= 15 is 0 Å². The average molecular weight is 511 g/mol. The van der Waals surface area contributed by atoms with Crippen molar-refractivity contribution in [2.24, 2.45) is 11.8 Å². The molecule has 0 bridgehead atoms. The number of hydrogen-bond acceptors (Lipinski definition) is 5. The largest absolute Gasteiger partial charge is 0.346 e. The number of hydrogen-bond donors (Lipinski definition) is 0. The minimum atomic E-state index is -3.62. The molecule has 2 aliphatic heterocycles. The van der Waals surface area contributed by atoms with Gasteiger partial charge in [0.25, 0.3) is 0 Å². The van der Waals surface area contributed by atoms with Crippen LogP contribution in [0.15, 0.2) is 41.3 Å². The first-order valence-corrected chi connectivity index (χ1v) is 14.7. The van der Waals surface area contributed by atoms with Crippen LogP contribution < -0.4 is 0 Å². The van der Waals surface area contributed by atoms with Gasteiger partial charge in [0.1, 0.15) is 6.10 Å². The van der Waals surface area contributed by atoms with Gasteiger partial charge in [-0.05, 0) is 70.9 Å². The highest BCUT2D eigenvalue weighted by Gasteiger charge is 2.68. The molecule has 7 heteroatoms. The highest BCUT2D eigenvalue weighted by atomic mass is 35.5. The van der Waals surface area contributed by atoms with E-state index in [2.05, 4.69) is 19.1 Å². The van der Waals surface area contributed by atoms with E-state index in [4.69, 9.17) is 25.8 Å². The molecule has 1 aliphatic carbocycles. The van der Waals surface area contributed by atoms with E-state index in [1.165, 1.54) is 0 Å². The number of benzene rings is 1. The molecule has 190 valence electrons. The van der Waals surface area contributed by atoms with Crippen molar-refractivity contribution in [3.8, 4) is 0 Å². The Morgan fingerprint density at radius 3 is 2.53 bits per heavy atom. The summed E-state index contributed by atoms with van der Waals surface area (Å²) >= 11 is 5.85. The van der Waals surface area contributed by atoms with E-state index in [1.807, 2.05) is 32.9 Å². The van der Waals surface area contributed by atoms with E-state index in [9.17, 15) is 8.42 Å². The molecular formula is C27H39ClO5S. The summed E-state index contributed by atoms with van der Waals surface area (Å²) in [5.41, 5.74) is 1.05. The van der Waals surface area contributed by atoms with Crippen LogP contribution in [-0.2, 0) is 24.0 Å². The van der Waals surface area contributed by atoms with Gasteiger partial charge in [-0.15, -0.1) is 11.6 Å². The maximum absolute atomic E-state index is 14.4. The van der Waals surface area contributed by atoms with Crippen LogP contribution in [0.5, 0.6) is 0 Å². The highest BCUT2D eigenvalue weighted by molar-refractivity contribution is 7.92. The van der Waals surface area contributed by atoms with E-state index in [0.717, 1.165) is 31.2 Å². The quantitative estimate of drug-likeness (QED) is 0.214. The van der Waals surface area contributed by atoms with Gasteiger partial charge in [-0.1, -0.05) is 49.6 Å². The van der Waals surface area contributed by atoms with E-state index in [-0.39, 0.29) is 24.0 Å². The van der Waals surface area contributed by atoms with E-state index in [1.54, 1.807) is 12.1 Å². The summed E-state index contributed by atoms with van der Waals surface area (Å²) in [6.07, 6.45) is 8.80. The van der Waals surface area contributed by atoms with Gasteiger partial charge in [0, 0.05) is 11.8 Å². The average Bonchev–Trinajstić information content (AvgIpc) is 3.36. The molecule has 34 heavy (non-hydrogen) atoms. The molecule has 3 fully saturated rings. The number of allylic oxidation sites excluding steroid dienone is 2. The second-order valence-corrected chi connectivity index (χ2v) is 13.2. The van der Waals surface area contributed by atoms with Crippen molar-refractivity contribution in [3.63, 3.8) is 0 Å². The van der Waals surface area contributed by atoms with Crippen LogP contribution in [0.1, 0.15) is 71.3 Å². The third kappa shape index (κ3) is 4.73. The molecule has 0 N–H and O–H groups in total. The summed E-state index contributed by atoms with van der Waals surface area (Å²) in [7, 11) is -3.62. The number of halogens is 1. The number of alkyl halides is 1. The molecule has 0 unspecified atom stereocenters. The highest BCUT2D eigenvalue weighted by Crippen LogP contribution is 2.59. The van der Waals surface area contributed by atoms with E-state index < -0.39 is 26.7 Å². The Bertz CT molecular complexity index is 973. The maximum Gasteiger partial charge on any atom is 0.187 e. The lowest BCUT2D eigenvalue weighted by Gasteiger charge is -2.38. The van der Waals surface area contributed by atoms with Crippen LogP contribution in [0.2, 0.25) is 0 Å². The van der Waals surface area contributed by atoms with Crippen LogP contribution in [-0.4, -0.2) is 43.3 Å². The number of sulfone groups is 1. The van der Waals surface area contributed by atoms with Gasteiger partial charge in [0.15, 0.2) is 21.9 Å². The topological polar surface area (TPSA) is 61.8 Å². The number of aryl methyl sites for hydroxylation is 1. The molecule has 0 aromatic heterocycles. The molecule has 1 aromatic carbocycles. The lowest BCUT2D eigenvalue weighted by atomic mass is 9.80.